The third-order valence-corrected chi connectivity index (χ3v) is 3.71. The number of alkyl halides is 3. The molecule has 0 aromatic rings. The predicted molar refractivity (Wildman–Crippen MR) is 61.2 cm³/mol. The minimum atomic E-state index is -4.90. The number of carbonyl (C=O) groups is 2. The molecule has 0 unspecified atom stereocenters. The molecule has 0 aromatic heterocycles. The summed E-state index contributed by atoms with van der Waals surface area (Å²) in [6.07, 6.45) is -1.31. The molecule has 0 aliphatic carbocycles. The van der Waals surface area contributed by atoms with Crippen molar-refractivity contribution in [1.82, 2.24) is 9.80 Å². The van der Waals surface area contributed by atoms with E-state index in [9.17, 15) is 22.8 Å². The van der Waals surface area contributed by atoms with E-state index < -0.39 is 18.1 Å². The molecule has 2 fully saturated rings. The molecule has 4 nitrogen and oxygen atoms in total. The molecule has 2 aliphatic rings. The van der Waals surface area contributed by atoms with Gasteiger partial charge < -0.3 is 9.80 Å². The average Bonchev–Trinajstić information content (AvgIpc) is 2.85. The Balaban J connectivity index is 2.05. The van der Waals surface area contributed by atoms with Gasteiger partial charge in [0.1, 0.15) is 6.04 Å². The molecule has 2 heterocycles. The number of rotatable bonds is 1. The molecule has 0 bridgehead atoms. The Morgan fingerprint density at radius 3 is 2.16 bits per heavy atom. The topological polar surface area (TPSA) is 40.6 Å². The van der Waals surface area contributed by atoms with E-state index in [2.05, 4.69) is 0 Å². The summed E-state index contributed by atoms with van der Waals surface area (Å²) in [4.78, 5) is 25.8. The quantitative estimate of drug-likeness (QED) is 0.730. The van der Waals surface area contributed by atoms with Crippen LogP contribution in [0.1, 0.15) is 32.1 Å². The SMILES string of the molecule is O=C([C@H]1CCCN1C(=O)C(F)(F)F)N1CCCCC1. The van der Waals surface area contributed by atoms with Crippen LogP contribution in [0.25, 0.3) is 0 Å². The first-order chi connectivity index (χ1) is 8.91. The molecule has 2 aliphatic heterocycles. The van der Waals surface area contributed by atoms with E-state index in [0.717, 1.165) is 19.3 Å². The van der Waals surface area contributed by atoms with Gasteiger partial charge in [0.15, 0.2) is 0 Å². The van der Waals surface area contributed by atoms with Crippen molar-refractivity contribution in [3.8, 4) is 0 Å². The van der Waals surface area contributed by atoms with Crippen LogP contribution in [0.3, 0.4) is 0 Å². The van der Waals surface area contributed by atoms with E-state index in [1.807, 2.05) is 0 Å². The fourth-order valence-electron chi connectivity index (χ4n) is 2.75. The van der Waals surface area contributed by atoms with Crippen molar-refractivity contribution in [3.05, 3.63) is 0 Å². The summed E-state index contributed by atoms with van der Waals surface area (Å²) in [5.74, 6) is -2.21. The molecule has 0 radical (unpaired) electrons. The van der Waals surface area contributed by atoms with Crippen molar-refractivity contribution in [2.24, 2.45) is 0 Å². The second-order valence-corrected chi connectivity index (χ2v) is 5.04. The predicted octanol–water partition coefficient (Wildman–Crippen LogP) is 1.55. The number of hydrogen-bond acceptors (Lipinski definition) is 2. The summed E-state index contributed by atoms with van der Waals surface area (Å²) < 4.78 is 37.4. The van der Waals surface area contributed by atoms with Crippen LogP contribution >= 0.6 is 0 Å². The Labute approximate surface area is 109 Å². The van der Waals surface area contributed by atoms with Crippen LogP contribution in [-0.4, -0.2) is 53.5 Å². The highest BCUT2D eigenvalue weighted by Crippen LogP contribution is 2.27. The van der Waals surface area contributed by atoms with Crippen LogP contribution in [0.2, 0.25) is 0 Å². The molecule has 2 amide bonds. The Hall–Kier alpha value is -1.27. The van der Waals surface area contributed by atoms with Crippen LogP contribution in [-0.2, 0) is 9.59 Å². The van der Waals surface area contributed by atoms with Crippen LogP contribution in [0.15, 0.2) is 0 Å². The van der Waals surface area contributed by atoms with E-state index >= 15 is 0 Å². The molecule has 2 rings (SSSR count). The van der Waals surface area contributed by atoms with Gasteiger partial charge in [-0.1, -0.05) is 0 Å². The lowest BCUT2D eigenvalue weighted by Crippen LogP contribution is -2.52. The van der Waals surface area contributed by atoms with Gasteiger partial charge in [-0.15, -0.1) is 0 Å². The van der Waals surface area contributed by atoms with Crippen molar-refractivity contribution in [1.29, 1.82) is 0 Å². The van der Waals surface area contributed by atoms with Gasteiger partial charge in [-0.3, -0.25) is 9.59 Å². The molecule has 0 saturated carbocycles. The molecule has 1 atom stereocenters. The Morgan fingerprint density at radius 1 is 0.947 bits per heavy atom. The highest BCUT2D eigenvalue weighted by atomic mass is 19.4. The van der Waals surface area contributed by atoms with Gasteiger partial charge in [0.2, 0.25) is 5.91 Å². The lowest BCUT2D eigenvalue weighted by atomic mass is 10.1. The van der Waals surface area contributed by atoms with Crippen molar-refractivity contribution in [3.63, 3.8) is 0 Å². The standard InChI is InChI=1S/C12H17F3N2O2/c13-12(14,15)11(19)17-8-4-5-9(17)10(18)16-6-2-1-3-7-16/h9H,1-8H2/t9-/m1/s1. The highest BCUT2D eigenvalue weighted by Gasteiger charge is 2.48. The summed E-state index contributed by atoms with van der Waals surface area (Å²) >= 11 is 0. The number of piperidine rings is 1. The molecule has 0 spiro atoms. The lowest BCUT2D eigenvalue weighted by Gasteiger charge is -2.32. The first-order valence-electron chi connectivity index (χ1n) is 6.58. The summed E-state index contributed by atoms with van der Waals surface area (Å²) in [7, 11) is 0. The summed E-state index contributed by atoms with van der Waals surface area (Å²) in [5, 5.41) is 0. The van der Waals surface area contributed by atoms with Crippen molar-refractivity contribution >= 4 is 11.8 Å². The number of amides is 2. The normalized spacial score (nSPS) is 24.7. The third kappa shape index (κ3) is 3.01. The number of hydrogen-bond donors (Lipinski definition) is 0. The second kappa shape index (κ2) is 5.38. The number of likely N-dealkylation sites (tertiary alicyclic amines) is 2. The summed E-state index contributed by atoms with van der Waals surface area (Å²) in [6, 6.07) is -0.924. The summed E-state index contributed by atoms with van der Waals surface area (Å²) in [5.41, 5.74) is 0. The largest absolute Gasteiger partial charge is 0.471 e. The first kappa shape index (κ1) is 14.1. The lowest BCUT2D eigenvalue weighted by molar-refractivity contribution is -0.187. The molecule has 2 saturated heterocycles. The zero-order valence-electron chi connectivity index (χ0n) is 10.6. The van der Waals surface area contributed by atoms with Gasteiger partial charge >= 0.3 is 12.1 Å². The van der Waals surface area contributed by atoms with Crippen LogP contribution in [0.5, 0.6) is 0 Å². The maximum absolute atomic E-state index is 12.5. The second-order valence-electron chi connectivity index (χ2n) is 5.04. The molecule has 0 N–H and O–H groups in total. The Kier molecular flexibility index (Phi) is 4.01. The molecule has 7 heteroatoms. The number of halogens is 3. The Bertz CT molecular complexity index is 364. The molecular weight excluding hydrogens is 261 g/mol. The molecule has 19 heavy (non-hydrogen) atoms. The van der Waals surface area contributed by atoms with Gasteiger partial charge in [-0.25, -0.2) is 0 Å². The molecule has 0 aromatic carbocycles. The maximum Gasteiger partial charge on any atom is 0.471 e. The first-order valence-corrected chi connectivity index (χ1v) is 6.58. The fourth-order valence-corrected chi connectivity index (χ4v) is 2.75. The van der Waals surface area contributed by atoms with Crippen LogP contribution < -0.4 is 0 Å². The number of nitrogens with zero attached hydrogens (tertiary/aromatic N) is 2. The van der Waals surface area contributed by atoms with Gasteiger partial charge in [0.25, 0.3) is 0 Å². The average molecular weight is 278 g/mol. The minimum absolute atomic E-state index is 0.0165. The van der Waals surface area contributed by atoms with Crippen LogP contribution in [0, 0.1) is 0 Å². The molecular formula is C12H17F3N2O2. The van der Waals surface area contributed by atoms with E-state index in [4.69, 9.17) is 0 Å². The van der Waals surface area contributed by atoms with E-state index in [-0.39, 0.29) is 12.5 Å². The summed E-state index contributed by atoms with van der Waals surface area (Å²) in [6.45, 7) is 1.19. The van der Waals surface area contributed by atoms with Crippen molar-refractivity contribution in [2.45, 2.75) is 44.3 Å². The zero-order valence-corrected chi connectivity index (χ0v) is 10.6. The van der Waals surface area contributed by atoms with E-state index in [1.165, 1.54) is 0 Å². The Morgan fingerprint density at radius 2 is 1.58 bits per heavy atom. The van der Waals surface area contributed by atoms with Crippen molar-refractivity contribution in [2.75, 3.05) is 19.6 Å². The highest BCUT2D eigenvalue weighted by molar-refractivity contribution is 5.90. The van der Waals surface area contributed by atoms with Gasteiger partial charge in [0, 0.05) is 19.6 Å². The van der Waals surface area contributed by atoms with Gasteiger partial charge in [-0.2, -0.15) is 13.2 Å². The van der Waals surface area contributed by atoms with Gasteiger partial charge in [0.05, 0.1) is 0 Å². The van der Waals surface area contributed by atoms with E-state index in [0.29, 0.717) is 30.8 Å². The number of carbonyl (C=O) groups excluding carboxylic acids is 2. The van der Waals surface area contributed by atoms with Gasteiger partial charge in [-0.05, 0) is 32.1 Å². The van der Waals surface area contributed by atoms with Crippen molar-refractivity contribution < 1.29 is 22.8 Å². The maximum atomic E-state index is 12.5. The molecule has 108 valence electrons. The fraction of sp³-hybridized carbons (Fsp3) is 0.833. The minimum Gasteiger partial charge on any atom is -0.341 e. The third-order valence-electron chi connectivity index (χ3n) is 3.71. The zero-order chi connectivity index (χ0) is 14.0. The van der Waals surface area contributed by atoms with E-state index in [1.54, 1.807) is 4.90 Å². The monoisotopic (exact) mass is 278 g/mol. The van der Waals surface area contributed by atoms with Crippen LogP contribution in [0.4, 0.5) is 13.2 Å². The smallest absolute Gasteiger partial charge is 0.341 e.